The number of benzene rings is 1. The van der Waals surface area contributed by atoms with Crippen molar-refractivity contribution in [2.45, 2.75) is 65.4 Å². The van der Waals surface area contributed by atoms with E-state index >= 15 is 0 Å². The Balaban J connectivity index is 1.54. The largest absolute Gasteiger partial charge is 0.392 e. The van der Waals surface area contributed by atoms with Crippen LogP contribution in [0.1, 0.15) is 68.0 Å². The number of likely N-dealkylation sites (tertiary alicyclic amines) is 1. The lowest BCUT2D eigenvalue weighted by molar-refractivity contribution is -0.131. The Morgan fingerprint density at radius 3 is 2.44 bits per heavy atom. The van der Waals surface area contributed by atoms with E-state index in [-0.39, 0.29) is 5.91 Å². The van der Waals surface area contributed by atoms with E-state index in [1.54, 1.807) is 6.92 Å². The number of H-pyrrole nitrogens is 1. The fraction of sp³-hybridized carbons (Fsp3) is 0.500. The molecule has 1 unspecified atom stereocenters. The molecular formula is C28H38N4O2. The van der Waals surface area contributed by atoms with Crippen LogP contribution in [0.25, 0.3) is 22.2 Å². The number of amides is 1. The average Bonchev–Trinajstić information content (AvgIpc) is 3.17. The predicted octanol–water partition coefficient (Wildman–Crippen LogP) is 4.65. The molecule has 0 aliphatic carbocycles. The monoisotopic (exact) mass is 462 g/mol. The van der Waals surface area contributed by atoms with E-state index in [9.17, 15) is 9.90 Å². The normalized spacial score (nSPS) is 15.9. The van der Waals surface area contributed by atoms with Gasteiger partial charge < -0.3 is 20.3 Å². The van der Waals surface area contributed by atoms with Crippen molar-refractivity contribution in [1.82, 2.24) is 20.2 Å². The van der Waals surface area contributed by atoms with Gasteiger partial charge in [0.05, 0.1) is 18.3 Å². The molecule has 6 nitrogen and oxygen atoms in total. The Hall–Kier alpha value is -2.70. The Labute approximate surface area is 202 Å². The smallest absolute Gasteiger partial charge is 0.236 e. The van der Waals surface area contributed by atoms with E-state index in [4.69, 9.17) is 0 Å². The molecule has 34 heavy (non-hydrogen) atoms. The quantitative estimate of drug-likeness (QED) is 0.478. The number of aliphatic hydroxyl groups excluding tert-OH is 1. The highest BCUT2D eigenvalue weighted by Gasteiger charge is 2.25. The number of aliphatic hydroxyl groups is 1. The molecule has 1 saturated heterocycles. The molecule has 0 saturated carbocycles. The summed E-state index contributed by atoms with van der Waals surface area (Å²) in [5.74, 6) is 0.971. The van der Waals surface area contributed by atoms with Gasteiger partial charge in [0.15, 0.2) is 0 Å². The summed E-state index contributed by atoms with van der Waals surface area (Å²) in [4.78, 5) is 22.7. The van der Waals surface area contributed by atoms with E-state index in [1.165, 1.54) is 33.3 Å². The molecule has 4 rings (SSSR count). The van der Waals surface area contributed by atoms with E-state index in [0.717, 1.165) is 37.3 Å². The van der Waals surface area contributed by atoms with Crippen LogP contribution in [0.5, 0.6) is 0 Å². The first-order valence-corrected chi connectivity index (χ1v) is 12.5. The highest BCUT2D eigenvalue weighted by Crippen LogP contribution is 2.38. The van der Waals surface area contributed by atoms with Gasteiger partial charge >= 0.3 is 0 Å². The molecule has 3 heterocycles. The van der Waals surface area contributed by atoms with E-state index in [1.807, 2.05) is 18.7 Å². The molecule has 2 aromatic heterocycles. The van der Waals surface area contributed by atoms with Gasteiger partial charge in [-0.1, -0.05) is 19.9 Å². The molecule has 1 amide bonds. The molecule has 3 N–H and O–H groups in total. The minimum atomic E-state index is -0.440. The Bertz CT molecular complexity index is 1140. The van der Waals surface area contributed by atoms with Crippen LogP contribution in [0.4, 0.5) is 0 Å². The first-order valence-electron chi connectivity index (χ1n) is 12.5. The maximum Gasteiger partial charge on any atom is 0.236 e. The van der Waals surface area contributed by atoms with E-state index in [0.29, 0.717) is 24.9 Å². The van der Waals surface area contributed by atoms with Crippen LogP contribution in [0.2, 0.25) is 0 Å². The predicted molar refractivity (Wildman–Crippen MR) is 138 cm³/mol. The van der Waals surface area contributed by atoms with Crippen molar-refractivity contribution in [1.29, 1.82) is 0 Å². The number of hydrogen-bond acceptors (Lipinski definition) is 4. The Morgan fingerprint density at radius 2 is 1.82 bits per heavy atom. The second-order valence-corrected chi connectivity index (χ2v) is 10.1. The van der Waals surface area contributed by atoms with Crippen LogP contribution in [-0.2, 0) is 4.79 Å². The van der Waals surface area contributed by atoms with Crippen molar-refractivity contribution in [2.24, 2.45) is 0 Å². The van der Waals surface area contributed by atoms with Gasteiger partial charge in [0.2, 0.25) is 5.91 Å². The molecule has 0 bridgehead atoms. The van der Waals surface area contributed by atoms with Crippen LogP contribution in [0, 0.1) is 13.8 Å². The number of aryl methyl sites for hydroxylation is 2. The molecule has 3 aromatic rings. The highest BCUT2D eigenvalue weighted by molar-refractivity contribution is 5.92. The number of aromatic nitrogens is 2. The fourth-order valence-corrected chi connectivity index (χ4v) is 5.25. The number of fused-ring (bicyclic) bond motifs is 1. The van der Waals surface area contributed by atoms with Crippen molar-refractivity contribution >= 4 is 16.8 Å². The van der Waals surface area contributed by atoms with Gasteiger partial charge in [-0.05, 0) is 80.8 Å². The van der Waals surface area contributed by atoms with Gasteiger partial charge in [-0.25, -0.2) is 0 Å². The Kier molecular flexibility index (Phi) is 7.39. The van der Waals surface area contributed by atoms with Gasteiger partial charge in [-0.15, -0.1) is 0 Å². The van der Waals surface area contributed by atoms with Crippen LogP contribution in [-0.4, -0.2) is 58.2 Å². The lowest BCUT2D eigenvalue weighted by atomic mass is 9.87. The average molecular weight is 463 g/mol. The molecule has 1 aliphatic heterocycles. The highest BCUT2D eigenvalue weighted by atomic mass is 16.3. The van der Waals surface area contributed by atoms with E-state index < -0.39 is 6.10 Å². The zero-order valence-corrected chi connectivity index (χ0v) is 21.1. The minimum Gasteiger partial charge on any atom is -0.392 e. The van der Waals surface area contributed by atoms with E-state index in [2.05, 4.69) is 59.5 Å². The van der Waals surface area contributed by atoms with Gasteiger partial charge in [0.1, 0.15) is 0 Å². The summed E-state index contributed by atoms with van der Waals surface area (Å²) in [6, 6.07) is 11.2. The number of nitrogens with one attached hydrogen (secondary N) is 2. The van der Waals surface area contributed by atoms with Gasteiger partial charge in [0, 0.05) is 47.5 Å². The lowest BCUT2D eigenvalue weighted by Gasteiger charge is -2.32. The number of piperidine rings is 1. The van der Waals surface area contributed by atoms with Crippen molar-refractivity contribution in [3.05, 3.63) is 52.8 Å². The summed E-state index contributed by atoms with van der Waals surface area (Å²) in [5.41, 5.74) is 8.35. The third kappa shape index (κ3) is 5.34. The third-order valence-electron chi connectivity index (χ3n) is 6.85. The van der Waals surface area contributed by atoms with Crippen LogP contribution in [0.15, 0.2) is 30.3 Å². The standard InChI is InChI=1S/C28H38N4O2/c1-17(2)27-24-14-22(21-8-10-32(11-9-21)26(34)16-29-15-20(5)33)6-7-25(24)31-28(27)23-12-18(3)30-19(4)13-23/h6-7,12-14,17,20-21,29,31,33H,8-11,15-16H2,1-5H3. The molecule has 0 spiro atoms. The number of aromatic amines is 1. The fourth-order valence-electron chi connectivity index (χ4n) is 5.25. The van der Waals surface area contributed by atoms with Crippen LogP contribution < -0.4 is 5.32 Å². The van der Waals surface area contributed by atoms with Gasteiger partial charge in [-0.2, -0.15) is 0 Å². The van der Waals surface area contributed by atoms with Crippen LogP contribution >= 0.6 is 0 Å². The number of pyridine rings is 1. The molecule has 1 fully saturated rings. The second kappa shape index (κ2) is 10.3. The first kappa shape index (κ1) is 24.4. The number of carbonyl (C=O) groups excluding carboxylic acids is 1. The maximum absolute atomic E-state index is 12.5. The minimum absolute atomic E-state index is 0.120. The van der Waals surface area contributed by atoms with Crippen molar-refractivity contribution < 1.29 is 9.90 Å². The molecule has 0 radical (unpaired) electrons. The van der Waals surface area contributed by atoms with Crippen molar-refractivity contribution in [3.63, 3.8) is 0 Å². The summed E-state index contributed by atoms with van der Waals surface area (Å²) in [6.45, 7) is 12.6. The number of rotatable bonds is 7. The molecule has 6 heteroatoms. The Morgan fingerprint density at radius 1 is 1.15 bits per heavy atom. The summed E-state index contributed by atoms with van der Waals surface area (Å²) >= 11 is 0. The molecule has 1 aliphatic rings. The second-order valence-electron chi connectivity index (χ2n) is 10.1. The van der Waals surface area contributed by atoms with Crippen molar-refractivity contribution in [3.8, 4) is 11.3 Å². The summed E-state index contributed by atoms with van der Waals surface area (Å²) in [7, 11) is 0. The maximum atomic E-state index is 12.5. The molecule has 182 valence electrons. The topological polar surface area (TPSA) is 81.2 Å². The van der Waals surface area contributed by atoms with Crippen LogP contribution in [0.3, 0.4) is 0 Å². The zero-order chi connectivity index (χ0) is 24.4. The number of hydrogen-bond donors (Lipinski definition) is 3. The van der Waals surface area contributed by atoms with Gasteiger partial charge in [0.25, 0.3) is 0 Å². The lowest BCUT2D eigenvalue weighted by Crippen LogP contribution is -2.43. The zero-order valence-electron chi connectivity index (χ0n) is 21.1. The van der Waals surface area contributed by atoms with Crippen molar-refractivity contribution in [2.75, 3.05) is 26.2 Å². The SMILES string of the molecule is Cc1cc(-c2[nH]c3ccc(C4CCN(C(=O)CNCC(C)O)CC4)cc3c2C(C)C)cc(C)n1. The summed E-state index contributed by atoms with van der Waals surface area (Å²) in [5, 5.41) is 13.7. The summed E-state index contributed by atoms with van der Waals surface area (Å²) in [6.07, 6.45) is 1.51. The molecular weight excluding hydrogens is 424 g/mol. The molecule has 1 aromatic carbocycles. The third-order valence-corrected chi connectivity index (χ3v) is 6.85. The summed E-state index contributed by atoms with van der Waals surface area (Å²) < 4.78 is 0. The molecule has 1 atom stereocenters. The number of carbonyl (C=O) groups is 1. The first-order chi connectivity index (χ1) is 16.2. The van der Waals surface area contributed by atoms with Gasteiger partial charge in [-0.3, -0.25) is 9.78 Å². The number of nitrogens with zero attached hydrogens (tertiary/aromatic N) is 2.